The Kier molecular flexibility index (Phi) is 3.13. The van der Waals surface area contributed by atoms with E-state index in [2.05, 4.69) is 64.2 Å². The van der Waals surface area contributed by atoms with E-state index in [1.807, 2.05) is 0 Å². The first-order valence-electron chi connectivity index (χ1n) is 6.38. The summed E-state index contributed by atoms with van der Waals surface area (Å²) in [6, 6.07) is 7.02. The van der Waals surface area contributed by atoms with Gasteiger partial charge in [0.25, 0.3) is 0 Å². The average molecular weight is 242 g/mol. The molecule has 0 heterocycles. The minimum atomic E-state index is -1.48. The van der Waals surface area contributed by atoms with E-state index in [0.29, 0.717) is 0 Å². The highest BCUT2D eigenvalue weighted by molar-refractivity contribution is 6.96. The standard InChI is InChI=1S/C16H22Si/c1-12-9-13(2)11-15(10-12)17(4,5)16-8-6-7-14(16)3/h7-11H,6H2,1-5H3. The Labute approximate surface area is 106 Å². The van der Waals surface area contributed by atoms with E-state index >= 15 is 0 Å². The van der Waals surface area contributed by atoms with Crippen molar-refractivity contribution in [3.8, 4) is 0 Å². The second-order valence-corrected chi connectivity index (χ2v) is 10.1. The van der Waals surface area contributed by atoms with Crippen molar-refractivity contribution in [3.63, 3.8) is 0 Å². The minimum absolute atomic E-state index is 1.13. The molecule has 0 unspecified atom stereocenters. The average Bonchev–Trinajstić information content (AvgIpc) is 2.63. The molecule has 1 aliphatic rings. The zero-order valence-electron chi connectivity index (χ0n) is 11.6. The summed E-state index contributed by atoms with van der Waals surface area (Å²) >= 11 is 0. The molecule has 0 aliphatic heterocycles. The molecule has 0 radical (unpaired) electrons. The van der Waals surface area contributed by atoms with Crippen LogP contribution in [0.5, 0.6) is 0 Å². The molecule has 0 bridgehead atoms. The predicted octanol–water partition coefficient (Wildman–Crippen LogP) is 4.03. The zero-order chi connectivity index (χ0) is 12.6. The van der Waals surface area contributed by atoms with E-state index in [0.717, 1.165) is 6.42 Å². The Hall–Kier alpha value is -1.08. The van der Waals surface area contributed by atoms with Crippen molar-refractivity contribution >= 4 is 13.3 Å². The van der Waals surface area contributed by atoms with Gasteiger partial charge >= 0.3 is 0 Å². The van der Waals surface area contributed by atoms with E-state index in [4.69, 9.17) is 0 Å². The first kappa shape index (κ1) is 12.4. The van der Waals surface area contributed by atoms with Crippen molar-refractivity contribution in [1.29, 1.82) is 0 Å². The van der Waals surface area contributed by atoms with Gasteiger partial charge < -0.3 is 0 Å². The molecule has 2 rings (SSSR count). The van der Waals surface area contributed by atoms with Crippen molar-refractivity contribution in [2.45, 2.75) is 40.3 Å². The van der Waals surface area contributed by atoms with Crippen LogP contribution in [-0.2, 0) is 0 Å². The summed E-state index contributed by atoms with van der Waals surface area (Å²) in [7, 11) is -1.48. The highest BCUT2D eigenvalue weighted by atomic mass is 28.3. The van der Waals surface area contributed by atoms with Crippen LogP contribution in [0.2, 0.25) is 13.1 Å². The molecule has 0 aromatic heterocycles. The predicted molar refractivity (Wildman–Crippen MR) is 79.5 cm³/mol. The monoisotopic (exact) mass is 242 g/mol. The number of benzene rings is 1. The van der Waals surface area contributed by atoms with Crippen LogP contribution in [-0.4, -0.2) is 8.07 Å². The number of allylic oxidation sites excluding steroid dienone is 4. The largest absolute Gasteiger partial charge is 0.112 e. The number of aryl methyl sites for hydroxylation is 2. The third-order valence-corrected chi connectivity index (χ3v) is 7.46. The SMILES string of the molecule is CC1=CCC=C1[Si](C)(C)c1cc(C)cc(C)c1. The normalized spacial score (nSPS) is 15.8. The van der Waals surface area contributed by atoms with E-state index < -0.39 is 8.07 Å². The van der Waals surface area contributed by atoms with Gasteiger partial charge in [0.1, 0.15) is 8.07 Å². The van der Waals surface area contributed by atoms with Gasteiger partial charge in [-0.25, -0.2) is 0 Å². The van der Waals surface area contributed by atoms with Gasteiger partial charge in [-0.05, 0) is 27.2 Å². The van der Waals surface area contributed by atoms with Crippen LogP contribution in [0.25, 0.3) is 0 Å². The Bertz CT molecular complexity index is 484. The van der Waals surface area contributed by atoms with E-state index in [1.54, 1.807) is 10.4 Å². The zero-order valence-corrected chi connectivity index (χ0v) is 12.6. The molecule has 0 spiro atoms. The lowest BCUT2D eigenvalue weighted by Crippen LogP contribution is -2.44. The summed E-state index contributed by atoms with van der Waals surface area (Å²) in [6.07, 6.45) is 5.91. The fourth-order valence-electron chi connectivity index (χ4n) is 2.86. The quantitative estimate of drug-likeness (QED) is 0.687. The van der Waals surface area contributed by atoms with Crippen LogP contribution in [0.3, 0.4) is 0 Å². The maximum Gasteiger partial charge on any atom is 0.112 e. The second-order valence-electron chi connectivity index (χ2n) is 5.74. The summed E-state index contributed by atoms with van der Waals surface area (Å²) in [5.74, 6) is 0. The van der Waals surface area contributed by atoms with Crippen LogP contribution in [0.15, 0.2) is 41.1 Å². The summed E-state index contributed by atoms with van der Waals surface area (Å²) in [6.45, 7) is 11.6. The molecular weight excluding hydrogens is 220 g/mol. The van der Waals surface area contributed by atoms with Crippen molar-refractivity contribution in [3.05, 3.63) is 52.2 Å². The van der Waals surface area contributed by atoms with Gasteiger partial charge in [0.05, 0.1) is 0 Å². The lowest BCUT2D eigenvalue weighted by Gasteiger charge is -2.27. The van der Waals surface area contributed by atoms with Crippen molar-refractivity contribution in [2.24, 2.45) is 0 Å². The highest BCUT2D eigenvalue weighted by Crippen LogP contribution is 2.28. The van der Waals surface area contributed by atoms with Gasteiger partial charge in [0, 0.05) is 0 Å². The maximum atomic E-state index is 2.47. The molecule has 17 heavy (non-hydrogen) atoms. The van der Waals surface area contributed by atoms with Crippen LogP contribution in [0, 0.1) is 13.8 Å². The molecule has 1 aromatic rings. The summed E-state index contributed by atoms with van der Waals surface area (Å²) < 4.78 is 0. The van der Waals surface area contributed by atoms with Gasteiger partial charge in [-0.1, -0.05) is 70.5 Å². The molecule has 90 valence electrons. The molecule has 1 aliphatic carbocycles. The number of rotatable bonds is 2. The molecular formula is C16H22Si. The van der Waals surface area contributed by atoms with Crippen LogP contribution in [0.4, 0.5) is 0 Å². The van der Waals surface area contributed by atoms with Gasteiger partial charge in [0.2, 0.25) is 0 Å². The van der Waals surface area contributed by atoms with Crippen LogP contribution in [0.1, 0.15) is 24.5 Å². The Morgan fingerprint density at radius 3 is 1.94 bits per heavy atom. The number of hydrogen-bond donors (Lipinski definition) is 0. The molecule has 0 amide bonds. The smallest absolute Gasteiger partial charge is 0.0808 e. The van der Waals surface area contributed by atoms with E-state index in [1.165, 1.54) is 16.7 Å². The first-order valence-corrected chi connectivity index (χ1v) is 9.38. The van der Waals surface area contributed by atoms with E-state index in [9.17, 15) is 0 Å². The van der Waals surface area contributed by atoms with Crippen molar-refractivity contribution < 1.29 is 0 Å². The van der Waals surface area contributed by atoms with E-state index in [-0.39, 0.29) is 0 Å². The fourth-order valence-corrected chi connectivity index (χ4v) is 6.07. The topological polar surface area (TPSA) is 0 Å². The Balaban J connectivity index is 2.48. The lowest BCUT2D eigenvalue weighted by atomic mass is 10.2. The summed E-state index contributed by atoms with van der Waals surface area (Å²) in [4.78, 5) is 0. The van der Waals surface area contributed by atoms with Gasteiger partial charge in [-0.15, -0.1) is 0 Å². The first-order chi connectivity index (χ1) is 7.91. The maximum absolute atomic E-state index is 2.47. The number of hydrogen-bond acceptors (Lipinski definition) is 0. The second kappa shape index (κ2) is 4.30. The van der Waals surface area contributed by atoms with Crippen LogP contribution < -0.4 is 5.19 Å². The van der Waals surface area contributed by atoms with Crippen molar-refractivity contribution in [1.82, 2.24) is 0 Å². The molecule has 0 saturated heterocycles. The summed E-state index contributed by atoms with van der Waals surface area (Å²) in [5, 5.41) is 3.19. The molecule has 0 atom stereocenters. The van der Waals surface area contributed by atoms with Gasteiger partial charge in [-0.3, -0.25) is 0 Å². The summed E-state index contributed by atoms with van der Waals surface area (Å²) in [5.41, 5.74) is 4.28. The lowest BCUT2D eigenvalue weighted by molar-refractivity contribution is 1.39. The van der Waals surface area contributed by atoms with Gasteiger partial charge in [0.15, 0.2) is 0 Å². The highest BCUT2D eigenvalue weighted by Gasteiger charge is 2.30. The Morgan fingerprint density at radius 1 is 0.882 bits per heavy atom. The van der Waals surface area contributed by atoms with Crippen molar-refractivity contribution in [2.75, 3.05) is 0 Å². The molecule has 0 saturated carbocycles. The molecule has 0 fully saturated rings. The third-order valence-electron chi connectivity index (χ3n) is 3.79. The molecule has 0 N–H and O–H groups in total. The molecule has 1 aromatic carbocycles. The minimum Gasteiger partial charge on any atom is -0.0808 e. The third kappa shape index (κ3) is 2.30. The molecule has 1 heteroatoms. The fraction of sp³-hybridized carbons (Fsp3) is 0.375. The van der Waals surface area contributed by atoms with Gasteiger partial charge in [-0.2, -0.15) is 0 Å². The molecule has 0 nitrogen and oxygen atoms in total. The van der Waals surface area contributed by atoms with Crippen LogP contribution >= 0.6 is 0 Å². The Morgan fingerprint density at radius 2 is 1.47 bits per heavy atom.